The van der Waals surface area contributed by atoms with E-state index >= 15 is 0 Å². The molecule has 0 amide bonds. The number of ether oxygens (including phenoxy) is 3. The first-order chi connectivity index (χ1) is 33.5. The number of allylic oxidation sites excluding steroid dienone is 12. The number of rotatable bonds is 52. The van der Waals surface area contributed by atoms with Gasteiger partial charge in [0, 0.05) is 19.3 Å². The van der Waals surface area contributed by atoms with Crippen LogP contribution in [0.15, 0.2) is 72.9 Å². The van der Waals surface area contributed by atoms with Gasteiger partial charge in [-0.05, 0) is 70.6 Å². The fourth-order valence-corrected chi connectivity index (χ4v) is 8.15. The van der Waals surface area contributed by atoms with Crippen molar-refractivity contribution in [2.45, 2.75) is 290 Å². The standard InChI is InChI=1S/C62H108O6/c1-4-7-10-13-16-19-22-24-25-26-27-28-29-30-31-32-33-34-35-36-37-38-41-43-46-49-52-55-61(64)67-58-59(57-66-60(63)54-51-48-45-42-39-21-18-15-12-9-6-3)68-62(65)56-53-50-47-44-40-23-20-17-14-11-8-5-2/h7,10,16,19,24-25,27-28,30-31,33-34,59H,4-6,8-9,11-15,17-18,20-23,26,29,32,35-58H2,1-3H3/b10-7-,19-16-,25-24-,28-27-,31-30-,34-33-. The van der Waals surface area contributed by atoms with Crippen molar-refractivity contribution in [2.24, 2.45) is 0 Å². The van der Waals surface area contributed by atoms with E-state index in [1.54, 1.807) is 0 Å². The van der Waals surface area contributed by atoms with Gasteiger partial charge >= 0.3 is 17.9 Å². The molecule has 0 aromatic rings. The van der Waals surface area contributed by atoms with Gasteiger partial charge in [0.25, 0.3) is 0 Å². The highest BCUT2D eigenvalue weighted by atomic mass is 16.6. The van der Waals surface area contributed by atoms with Crippen LogP contribution in [-0.4, -0.2) is 37.2 Å². The highest BCUT2D eigenvalue weighted by Crippen LogP contribution is 2.16. The van der Waals surface area contributed by atoms with E-state index in [1.165, 1.54) is 141 Å². The van der Waals surface area contributed by atoms with Crippen molar-refractivity contribution in [3.05, 3.63) is 72.9 Å². The van der Waals surface area contributed by atoms with Crippen LogP contribution in [0.4, 0.5) is 0 Å². The largest absolute Gasteiger partial charge is 0.462 e. The van der Waals surface area contributed by atoms with Gasteiger partial charge in [-0.2, -0.15) is 0 Å². The molecule has 0 rings (SSSR count). The Morgan fingerprint density at radius 2 is 0.574 bits per heavy atom. The highest BCUT2D eigenvalue weighted by Gasteiger charge is 2.19. The summed E-state index contributed by atoms with van der Waals surface area (Å²) in [6, 6.07) is 0. The Kier molecular flexibility index (Phi) is 53.8. The molecule has 0 fully saturated rings. The molecule has 0 saturated heterocycles. The Morgan fingerprint density at radius 1 is 0.309 bits per heavy atom. The number of carbonyl (C=O) groups is 3. The molecular formula is C62H108O6. The van der Waals surface area contributed by atoms with E-state index in [0.717, 1.165) is 103 Å². The van der Waals surface area contributed by atoms with Crippen molar-refractivity contribution in [3.8, 4) is 0 Å². The van der Waals surface area contributed by atoms with Gasteiger partial charge in [-0.15, -0.1) is 0 Å². The lowest BCUT2D eigenvalue weighted by atomic mass is 10.0. The zero-order valence-corrected chi connectivity index (χ0v) is 44.9. The van der Waals surface area contributed by atoms with Gasteiger partial charge in [0.1, 0.15) is 13.2 Å². The lowest BCUT2D eigenvalue weighted by molar-refractivity contribution is -0.167. The molecule has 6 nitrogen and oxygen atoms in total. The van der Waals surface area contributed by atoms with Crippen LogP contribution >= 0.6 is 0 Å². The van der Waals surface area contributed by atoms with Crippen molar-refractivity contribution < 1.29 is 28.6 Å². The Labute approximate surface area is 421 Å². The summed E-state index contributed by atoms with van der Waals surface area (Å²) in [5, 5.41) is 0. The van der Waals surface area contributed by atoms with Gasteiger partial charge in [-0.25, -0.2) is 0 Å². The summed E-state index contributed by atoms with van der Waals surface area (Å²) < 4.78 is 16.8. The molecule has 0 spiro atoms. The van der Waals surface area contributed by atoms with Crippen LogP contribution < -0.4 is 0 Å². The molecule has 68 heavy (non-hydrogen) atoms. The van der Waals surface area contributed by atoms with Crippen LogP contribution in [0.1, 0.15) is 284 Å². The molecule has 0 N–H and O–H groups in total. The van der Waals surface area contributed by atoms with Crippen LogP contribution in [0.25, 0.3) is 0 Å². The smallest absolute Gasteiger partial charge is 0.306 e. The van der Waals surface area contributed by atoms with E-state index < -0.39 is 6.10 Å². The summed E-state index contributed by atoms with van der Waals surface area (Å²) in [7, 11) is 0. The van der Waals surface area contributed by atoms with Gasteiger partial charge < -0.3 is 14.2 Å². The summed E-state index contributed by atoms with van der Waals surface area (Å²) in [5.74, 6) is -0.874. The summed E-state index contributed by atoms with van der Waals surface area (Å²) in [6.45, 7) is 6.53. The van der Waals surface area contributed by atoms with E-state index in [9.17, 15) is 14.4 Å². The van der Waals surface area contributed by atoms with Gasteiger partial charge in [0.05, 0.1) is 0 Å². The Morgan fingerprint density at radius 3 is 0.897 bits per heavy atom. The lowest BCUT2D eigenvalue weighted by Crippen LogP contribution is -2.30. The monoisotopic (exact) mass is 949 g/mol. The fraction of sp³-hybridized carbons (Fsp3) is 0.758. The zero-order valence-electron chi connectivity index (χ0n) is 44.9. The maximum absolute atomic E-state index is 12.8. The van der Waals surface area contributed by atoms with E-state index in [-0.39, 0.29) is 31.1 Å². The SMILES string of the molecule is CC/C=C\C/C=C\C/C=C\C/C=C\C/C=C\C/C=C\CCCCCCCCCCC(=O)OCC(COC(=O)CCCCCCCCCCCCC)OC(=O)CCCCCCCCCCCCCC. The first-order valence-corrected chi connectivity index (χ1v) is 28.9. The molecule has 6 heteroatoms. The summed E-state index contributed by atoms with van der Waals surface area (Å²) in [6.07, 6.45) is 71.8. The molecular weight excluding hydrogens is 841 g/mol. The molecule has 0 heterocycles. The molecule has 0 radical (unpaired) electrons. The molecule has 0 aliphatic carbocycles. The molecule has 0 aromatic heterocycles. The van der Waals surface area contributed by atoms with Crippen molar-refractivity contribution in [3.63, 3.8) is 0 Å². The van der Waals surface area contributed by atoms with E-state index in [4.69, 9.17) is 14.2 Å². The molecule has 0 saturated carbocycles. The topological polar surface area (TPSA) is 78.9 Å². The van der Waals surface area contributed by atoms with Crippen molar-refractivity contribution in [1.29, 1.82) is 0 Å². The molecule has 0 aromatic carbocycles. The predicted molar refractivity (Wildman–Crippen MR) is 293 cm³/mol. The van der Waals surface area contributed by atoms with Gasteiger partial charge in [-0.1, -0.05) is 267 Å². The number of unbranched alkanes of at least 4 members (excludes halogenated alkanes) is 29. The third-order valence-corrected chi connectivity index (χ3v) is 12.5. The minimum atomic E-state index is -0.774. The third-order valence-electron chi connectivity index (χ3n) is 12.5. The minimum Gasteiger partial charge on any atom is -0.462 e. The van der Waals surface area contributed by atoms with E-state index in [1.807, 2.05) is 0 Å². The Balaban J connectivity index is 4.23. The molecule has 0 aliphatic rings. The highest BCUT2D eigenvalue weighted by molar-refractivity contribution is 5.71. The van der Waals surface area contributed by atoms with Gasteiger partial charge in [-0.3, -0.25) is 14.4 Å². The number of carbonyl (C=O) groups excluding carboxylic acids is 3. The van der Waals surface area contributed by atoms with Gasteiger partial charge in [0.15, 0.2) is 6.10 Å². The fourth-order valence-electron chi connectivity index (χ4n) is 8.15. The summed E-state index contributed by atoms with van der Waals surface area (Å²) in [4.78, 5) is 38.0. The maximum Gasteiger partial charge on any atom is 0.306 e. The second kappa shape index (κ2) is 56.4. The number of hydrogen-bond donors (Lipinski definition) is 0. The lowest BCUT2D eigenvalue weighted by Gasteiger charge is -2.18. The second-order valence-corrected chi connectivity index (χ2v) is 19.2. The van der Waals surface area contributed by atoms with Gasteiger partial charge in [0.2, 0.25) is 0 Å². The average molecular weight is 950 g/mol. The third kappa shape index (κ3) is 53.8. The van der Waals surface area contributed by atoms with Crippen LogP contribution in [0, 0.1) is 0 Å². The summed E-state index contributed by atoms with van der Waals surface area (Å²) >= 11 is 0. The Hall–Kier alpha value is -3.15. The zero-order chi connectivity index (χ0) is 49.3. The molecule has 1 unspecified atom stereocenters. The van der Waals surface area contributed by atoms with Crippen LogP contribution in [0.3, 0.4) is 0 Å². The van der Waals surface area contributed by atoms with Crippen LogP contribution in [0.2, 0.25) is 0 Å². The molecule has 0 bridgehead atoms. The normalized spacial score (nSPS) is 12.6. The average Bonchev–Trinajstić information content (AvgIpc) is 3.34. The predicted octanol–water partition coefficient (Wildman–Crippen LogP) is 19.4. The first kappa shape index (κ1) is 64.8. The minimum absolute atomic E-state index is 0.0737. The summed E-state index contributed by atoms with van der Waals surface area (Å²) in [5.41, 5.74) is 0. The van der Waals surface area contributed by atoms with Crippen molar-refractivity contribution >= 4 is 17.9 Å². The first-order valence-electron chi connectivity index (χ1n) is 28.9. The van der Waals surface area contributed by atoms with Crippen LogP contribution in [-0.2, 0) is 28.6 Å². The molecule has 0 aliphatic heterocycles. The Bertz CT molecular complexity index is 1270. The van der Waals surface area contributed by atoms with Crippen LogP contribution in [0.5, 0.6) is 0 Å². The molecule has 392 valence electrons. The second-order valence-electron chi connectivity index (χ2n) is 19.2. The number of hydrogen-bond acceptors (Lipinski definition) is 6. The van der Waals surface area contributed by atoms with Crippen molar-refractivity contribution in [1.82, 2.24) is 0 Å². The van der Waals surface area contributed by atoms with E-state index in [2.05, 4.69) is 93.7 Å². The van der Waals surface area contributed by atoms with E-state index in [0.29, 0.717) is 19.3 Å². The number of esters is 3. The van der Waals surface area contributed by atoms with Crippen molar-refractivity contribution in [2.75, 3.05) is 13.2 Å². The molecule has 1 atom stereocenters. The maximum atomic E-state index is 12.8. The quantitative estimate of drug-likeness (QED) is 0.0262.